The molecule has 0 saturated carbocycles. The van der Waals surface area contributed by atoms with Crippen LogP contribution in [0, 0.1) is 0 Å². The number of hydrogen-bond acceptors (Lipinski definition) is 3. The van der Waals surface area contributed by atoms with Crippen LogP contribution in [0.5, 0.6) is 11.5 Å². The van der Waals surface area contributed by atoms with Gasteiger partial charge in [-0.3, -0.25) is 0 Å². The number of halogens is 1. The second kappa shape index (κ2) is 8.28. The van der Waals surface area contributed by atoms with Crippen molar-refractivity contribution in [3.05, 3.63) is 22.7 Å². The summed E-state index contributed by atoms with van der Waals surface area (Å²) in [5.41, 5.74) is 1.15. The van der Waals surface area contributed by atoms with Crippen molar-refractivity contribution in [1.82, 2.24) is 5.32 Å². The highest BCUT2D eigenvalue weighted by molar-refractivity contribution is 6.32. The van der Waals surface area contributed by atoms with Crippen molar-refractivity contribution < 1.29 is 9.47 Å². The van der Waals surface area contributed by atoms with E-state index in [1.807, 2.05) is 12.1 Å². The first-order chi connectivity index (χ1) is 9.17. The zero-order valence-electron chi connectivity index (χ0n) is 12.3. The van der Waals surface area contributed by atoms with Crippen molar-refractivity contribution >= 4 is 11.6 Å². The third-order valence-electron chi connectivity index (χ3n) is 3.08. The Morgan fingerprint density at radius 2 is 1.89 bits per heavy atom. The van der Waals surface area contributed by atoms with E-state index >= 15 is 0 Å². The molecule has 19 heavy (non-hydrogen) atoms. The van der Waals surface area contributed by atoms with Gasteiger partial charge in [0.25, 0.3) is 0 Å². The molecule has 0 aliphatic carbocycles. The Kier molecular flexibility index (Phi) is 7.03. The maximum Gasteiger partial charge on any atom is 0.179 e. The molecule has 1 aromatic rings. The number of methoxy groups -OCH3 is 2. The first-order valence-corrected chi connectivity index (χ1v) is 7.20. The first kappa shape index (κ1) is 16.1. The highest BCUT2D eigenvalue weighted by Gasteiger charge is 2.16. The van der Waals surface area contributed by atoms with E-state index in [9.17, 15) is 0 Å². The number of hydrogen-bond donors (Lipinski definition) is 1. The molecule has 1 aromatic carbocycles. The largest absolute Gasteiger partial charge is 0.493 e. The summed E-state index contributed by atoms with van der Waals surface area (Å²) in [6, 6.07) is 4.28. The van der Waals surface area contributed by atoms with Gasteiger partial charge in [-0.2, -0.15) is 0 Å². The van der Waals surface area contributed by atoms with Crippen molar-refractivity contribution in [2.24, 2.45) is 0 Å². The summed E-state index contributed by atoms with van der Waals surface area (Å²) >= 11 is 6.26. The Morgan fingerprint density at radius 1 is 1.16 bits per heavy atom. The molecule has 0 spiro atoms. The first-order valence-electron chi connectivity index (χ1n) is 6.82. The van der Waals surface area contributed by atoms with Gasteiger partial charge in [0.05, 0.1) is 19.2 Å². The SMILES string of the molecule is CCCNC(CCC)c1cc(Cl)c(OC)c(OC)c1. The van der Waals surface area contributed by atoms with E-state index in [0.29, 0.717) is 22.6 Å². The maximum atomic E-state index is 6.26. The van der Waals surface area contributed by atoms with E-state index in [1.54, 1.807) is 14.2 Å². The average molecular weight is 286 g/mol. The van der Waals surface area contributed by atoms with Crippen LogP contribution in [0.4, 0.5) is 0 Å². The van der Waals surface area contributed by atoms with Crippen LogP contribution in [0.25, 0.3) is 0 Å². The molecule has 0 radical (unpaired) electrons. The van der Waals surface area contributed by atoms with Crippen LogP contribution in [-0.4, -0.2) is 20.8 Å². The fourth-order valence-corrected chi connectivity index (χ4v) is 2.43. The highest BCUT2D eigenvalue weighted by Crippen LogP contribution is 2.38. The van der Waals surface area contributed by atoms with Crippen molar-refractivity contribution in [2.45, 2.75) is 39.2 Å². The van der Waals surface area contributed by atoms with Crippen LogP contribution in [-0.2, 0) is 0 Å². The summed E-state index contributed by atoms with van der Waals surface area (Å²) in [7, 11) is 3.23. The number of rotatable bonds is 8. The Balaban J connectivity index is 3.05. The van der Waals surface area contributed by atoms with Gasteiger partial charge in [0.2, 0.25) is 0 Å². The highest BCUT2D eigenvalue weighted by atomic mass is 35.5. The summed E-state index contributed by atoms with van der Waals surface area (Å²) in [4.78, 5) is 0. The van der Waals surface area contributed by atoms with E-state index in [4.69, 9.17) is 21.1 Å². The lowest BCUT2D eigenvalue weighted by Crippen LogP contribution is -2.22. The van der Waals surface area contributed by atoms with Gasteiger partial charge in [-0.15, -0.1) is 0 Å². The molecule has 3 nitrogen and oxygen atoms in total. The second-order valence-corrected chi connectivity index (χ2v) is 4.94. The third kappa shape index (κ3) is 4.29. The van der Waals surface area contributed by atoms with E-state index in [-0.39, 0.29) is 0 Å². The third-order valence-corrected chi connectivity index (χ3v) is 3.36. The standard InChI is InChI=1S/C15H24ClNO2/c1-5-7-13(17-8-6-2)11-9-12(16)15(19-4)14(10-11)18-3/h9-10,13,17H,5-8H2,1-4H3. The zero-order chi connectivity index (χ0) is 14.3. The predicted octanol–water partition coefficient (Wildman–Crippen LogP) is 4.20. The summed E-state index contributed by atoms with van der Waals surface area (Å²) in [5, 5.41) is 4.14. The lowest BCUT2D eigenvalue weighted by atomic mass is 10.0. The molecular formula is C15H24ClNO2. The molecule has 0 amide bonds. The molecule has 0 aliphatic rings. The van der Waals surface area contributed by atoms with E-state index in [1.165, 1.54) is 0 Å². The van der Waals surface area contributed by atoms with Crippen LogP contribution in [0.2, 0.25) is 5.02 Å². The quantitative estimate of drug-likeness (QED) is 0.776. The number of nitrogens with one attached hydrogen (secondary N) is 1. The molecule has 0 fully saturated rings. The van der Waals surface area contributed by atoms with Crippen molar-refractivity contribution in [1.29, 1.82) is 0 Å². The van der Waals surface area contributed by atoms with Gasteiger partial charge >= 0.3 is 0 Å². The van der Waals surface area contributed by atoms with Crippen LogP contribution >= 0.6 is 11.6 Å². The minimum atomic E-state index is 0.308. The summed E-state index contributed by atoms with van der Waals surface area (Å²) in [6.45, 7) is 5.34. The van der Waals surface area contributed by atoms with Crippen LogP contribution in [0.15, 0.2) is 12.1 Å². The van der Waals surface area contributed by atoms with Gasteiger partial charge in [-0.05, 0) is 37.1 Å². The lowest BCUT2D eigenvalue weighted by molar-refractivity contribution is 0.353. The minimum absolute atomic E-state index is 0.308. The molecule has 0 heterocycles. The van der Waals surface area contributed by atoms with E-state index < -0.39 is 0 Å². The molecule has 1 atom stereocenters. The molecule has 1 unspecified atom stereocenters. The average Bonchev–Trinajstić information content (AvgIpc) is 2.42. The van der Waals surface area contributed by atoms with Gasteiger partial charge in [-0.25, -0.2) is 0 Å². The van der Waals surface area contributed by atoms with Gasteiger partial charge in [-0.1, -0.05) is 31.9 Å². The van der Waals surface area contributed by atoms with E-state index in [2.05, 4.69) is 19.2 Å². The van der Waals surface area contributed by atoms with Crippen molar-refractivity contribution in [2.75, 3.05) is 20.8 Å². The topological polar surface area (TPSA) is 30.5 Å². The summed E-state index contributed by atoms with van der Waals surface area (Å²) < 4.78 is 10.6. The molecule has 1 N–H and O–H groups in total. The van der Waals surface area contributed by atoms with Crippen LogP contribution in [0.3, 0.4) is 0 Å². The second-order valence-electron chi connectivity index (χ2n) is 4.53. The molecule has 0 bridgehead atoms. The monoisotopic (exact) mass is 285 g/mol. The lowest BCUT2D eigenvalue weighted by Gasteiger charge is -2.20. The zero-order valence-corrected chi connectivity index (χ0v) is 13.0. The Morgan fingerprint density at radius 3 is 2.42 bits per heavy atom. The fraction of sp³-hybridized carbons (Fsp3) is 0.600. The molecule has 0 aliphatic heterocycles. The molecule has 1 rings (SSSR count). The van der Waals surface area contributed by atoms with Gasteiger partial charge in [0.1, 0.15) is 0 Å². The molecule has 0 aromatic heterocycles. The minimum Gasteiger partial charge on any atom is -0.493 e. The van der Waals surface area contributed by atoms with Crippen LogP contribution < -0.4 is 14.8 Å². The van der Waals surface area contributed by atoms with Gasteiger partial charge < -0.3 is 14.8 Å². The molecule has 4 heteroatoms. The Labute approximate surface area is 121 Å². The van der Waals surface area contributed by atoms with Crippen LogP contribution in [0.1, 0.15) is 44.7 Å². The fourth-order valence-electron chi connectivity index (χ4n) is 2.13. The maximum absolute atomic E-state index is 6.26. The Hall–Kier alpha value is -0.930. The summed E-state index contributed by atoms with van der Waals surface area (Å²) in [5.74, 6) is 1.28. The number of benzene rings is 1. The van der Waals surface area contributed by atoms with Gasteiger partial charge in [0, 0.05) is 6.04 Å². The van der Waals surface area contributed by atoms with E-state index in [0.717, 1.165) is 31.4 Å². The van der Waals surface area contributed by atoms with Gasteiger partial charge in [0.15, 0.2) is 11.5 Å². The number of ether oxygens (including phenoxy) is 2. The Bertz CT molecular complexity index is 396. The molecular weight excluding hydrogens is 262 g/mol. The molecule has 108 valence electrons. The molecule has 0 saturated heterocycles. The summed E-state index contributed by atoms with van der Waals surface area (Å²) in [6.07, 6.45) is 3.31. The normalized spacial score (nSPS) is 12.3. The van der Waals surface area contributed by atoms with Crippen molar-refractivity contribution in [3.63, 3.8) is 0 Å². The smallest absolute Gasteiger partial charge is 0.179 e. The predicted molar refractivity (Wildman–Crippen MR) is 80.5 cm³/mol. The van der Waals surface area contributed by atoms with Crippen molar-refractivity contribution in [3.8, 4) is 11.5 Å².